The standard InChI is InChI=1S/C14H18N2O/c1-2-9-17-10-13(15)11-7-8-16-14-6-4-3-5-12(11)14/h3-8,13H,2,9-10,15H2,1H3. The molecule has 0 bridgehead atoms. The van der Waals surface area contributed by atoms with Gasteiger partial charge in [0, 0.05) is 18.2 Å². The van der Waals surface area contributed by atoms with Crippen LogP contribution in [0.1, 0.15) is 24.9 Å². The summed E-state index contributed by atoms with van der Waals surface area (Å²) in [4.78, 5) is 4.32. The second kappa shape index (κ2) is 5.75. The normalized spacial score (nSPS) is 12.8. The number of hydrogen-bond acceptors (Lipinski definition) is 3. The van der Waals surface area contributed by atoms with Gasteiger partial charge < -0.3 is 10.5 Å². The molecule has 3 nitrogen and oxygen atoms in total. The summed E-state index contributed by atoms with van der Waals surface area (Å²) >= 11 is 0. The highest BCUT2D eigenvalue weighted by Gasteiger charge is 2.09. The predicted octanol–water partition coefficient (Wildman–Crippen LogP) is 2.66. The summed E-state index contributed by atoms with van der Waals surface area (Å²) in [6.45, 7) is 3.41. The maximum Gasteiger partial charge on any atom is 0.0705 e. The van der Waals surface area contributed by atoms with Crippen molar-refractivity contribution in [2.45, 2.75) is 19.4 Å². The monoisotopic (exact) mass is 230 g/mol. The number of nitrogens with two attached hydrogens (primary N) is 1. The van der Waals surface area contributed by atoms with Gasteiger partial charge in [0.25, 0.3) is 0 Å². The van der Waals surface area contributed by atoms with E-state index < -0.39 is 0 Å². The Hall–Kier alpha value is -1.45. The molecular weight excluding hydrogens is 212 g/mol. The zero-order valence-electron chi connectivity index (χ0n) is 10.1. The van der Waals surface area contributed by atoms with E-state index in [1.165, 1.54) is 0 Å². The Bertz CT molecular complexity index is 479. The van der Waals surface area contributed by atoms with Crippen LogP contribution in [0.4, 0.5) is 0 Å². The molecule has 2 rings (SSSR count). The van der Waals surface area contributed by atoms with Crippen molar-refractivity contribution < 1.29 is 4.74 Å². The minimum Gasteiger partial charge on any atom is -0.379 e. The molecule has 1 unspecified atom stereocenters. The van der Waals surface area contributed by atoms with Crippen LogP contribution in [-0.4, -0.2) is 18.2 Å². The van der Waals surface area contributed by atoms with Gasteiger partial charge in [0.15, 0.2) is 0 Å². The SMILES string of the molecule is CCCOCC(N)c1ccnc2ccccc12. The highest BCUT2D eigenvalue weighted by atomic mass is 16.5. The van der Waals surface area contributed by atoms with Gasteiger partial charge in [-0.05, 0) is 24.1 Å². The lowest BCUT2D eigenvalue weighted by molar-refractivity contribution is 0.122. The molecule has 2 aromatic rings. The fraction of sp³-hybridized carbons (Fsp3) is 0.357. The number of benzene rings is 1. The van der Waals surface area contributed by atoms with Crippen molar-refractivity contribution in [1.82, 2.24) is 4.98 Å². The molecule has 0 saturated carbocycles. The summed E-state index contributed by atoms with van der Waals surface area (Å²) in [7, 11) is 0. The number of fused-ring (bicyclic) bond motifs is 1. The van der Waals surface area contributed by atoms with Crippen molar-refractivity contribution in [3.05, 3.63) is 42.1 Å². The Morgan fingerprint density at radius 1 is 1.29 bits per heavy atom. The van der Waals surface area contributed by atoms with E-state index in [0.717, 1.165) is 29.5 Å². The summed E-state index contributed by atoms with van der Waals surface area (Å²) in [5.41, 5.74) is 8.23. The summed E-state index contributed by atoms with van der Waals surface area (Å²) in [6, 6.07) is 9.93. The second-order valence-electron chi connectivity index (χ2n) is 4.10. The van der Waals surface area contributed by atoms with Gasteiger partial charge in [-0.3, -0.25) is 4.98 Å². The molecule has 0 fully saturated rings. The summed E-state index contributed by atoms with van der Waals surface area (Å²) in [6.07, 6.45) is 2.82. The molecule has 0 aliphatic rings. The Kier molecular flexibility index (Phi) is 4.07. The third kappa shape index (κ3) is 2.81. The van der Waals surface area contributed by atoms with Gasteiger partial charge in [-0.2, -0.15) is 0 Å². The van der Waals surface area contributed by atoms with Crippen molar-refractivity contribution in [2.24, 2.45) is 5.73 Å². The van der Waals surface area contributed by atoms with Crippen LogP contribution >= 0.6 is 0 Å². The smallest absolute Gasteiger partial charge is 0.0705 e. The van der Waals surface area contributed by atoms with Gasteiger partial charge in [0.2, 0.25) is 0 Å². The largest absolute Gasteiger partial charge is 0.379 e. The average Bonchev–Trinajstić information content (AvgIpc) is 2.38. The van der Waals surface area contributed by atoms with E-state index in [-0.39, 0.29) is 6.04 Å². The van der Waals surface area contributed by atoms with Gasteiger partial charge >= 0.3 is 0 Å². The third-order valence-electron chi connectivity index (χ3n) is 2.73. The minimum atomic E-state index is -0.0885. The number of rotatable bonds is 5. The lowest BCUT2D eigenvalue weighted by atomic mass is 10.0. The first-order valence-electron chi connectivity index (χ1n) is 6.00. The van der Waals surface area contributed by atoms with Crippen LogP contribution in [0, 0.1) is 0 Å². The molecule has 1 aromatic heterocycles. The van der Waals surface area contributed by atoms with Crippen LogP contribution in [0.25, 0.3) is 10.9 Å². The molecular formula is C14H18N2O. The zero-order valence-corrected chi connectivity index (χ0v) is 10.1. The molecule has 0 radical (unpaired) electrons. The Balaban J connectivity index is 2.22. The number of nitrogens with zero attached hydrogens (tertiary/aromatic N) is 1. The summed E-state index contributed by atoms with van der Waals surface area (Å²) < 4.78 is 5.50. The van der Waals surface area contributed by atoms with E-state index in [0.29, 0.717) is 6.61 Å². The fourth-order valence-electron chi connectivity index (χ4n) is 1.89. The van der Waals surface area contributed by atoms with E-state index in [4.69, 9.17) is 10.5 Å². The highest BCUT2D eigenvalue weighted by molar-refractivity contribution is 5.82. The van der Waals surface area contributed by atoms with Gasteiger partial charge in [-0.1, -0.05) is 25.1 Å². The Morgan fingerprint density at radius 3 is 2.94 bits per heavy atom. The molecule has 1 atom stereocenters. The van der Waals surface area contributed by atoms with Crippen molar-refractivity contribution >= 4 is 10.9 Å². The summed E-state index contributed by atoms with van der Waals surface area (Å²) in [5.74, 6) is 0. The third-order valence-corrected chi connectivity index (χ3v) is 2.73. The first-order chi connectivity index (χ1) is 8.33. The molecule has 90 valence electrons. The van der Waals surface area contributed by atoms with E-state index in [1.807, 2.05) is 24.3 Å². The van der Waals surface area contributed by atoms with Gasteiger partial charge in [-0.25, -0.2) is 0 Å². The molecule has 0 spiro atoms. The molecule has 17 heavy (non-hydrogen) atoms. The van der Waals surface area contributed by atoms with Crippen molar-refractivity contribution in [3.8, 4) is 0 Å². The molecule has 3 heteroatoms. The zero-order chi connectivity index (χ0) is 12.1. The average molecular weight is 230 g/mol. The Labute approximate surface area is 102 Å². The van der Waals surface area contributed by atoms with E-state index in [9.17, 15) is 0 Å². The number of hydrogen-bond donors (Lipinski definition) is 1. The number of ether oxygens (including phenoxy) is 1. The van der Waals surface area contributed by atoms with E-state index >= 15 is 0 Å². The van der Waals surface area contributed by atoms with E-state index in [1.54, 1.807) is 6.20 Å². The van der Waals surface area contributed by atoms with Crippen LogP contribution in [0.5, 0.6) is 0 Å². The lowest BCUT2D eigenvalue weighted by Crippen LogP contribution is -2.17. The second-order valence-corrected chi connectivity index (χ2v) is 4.10. The van der Waals surface area contributed by atoms with Crippen LogP contribution in [-0.2, 0) is 4.74 Å². The first-order valence-corrected chi connectivity index (χ1v) is 6.00. The molecule has 0 aliphatic carbocycles. The molecule has 1 aromatic carbocycles. The molecule has 0 aliphatic heterocycles. The van der Waals surface area contributed by atoms with Crippen molar-refractivity contribution in [2.75, 3.05) is 13.2 Å². The minimum absolute atomic E-state index is 0.0885. The highest BCUT2D eigenvalue weighted by Crippen LogP contribution is 2.21. The van der Waals surface area contributed by atoms with Crippen LogP contribution in [0.15, 0.2) is 36.5 Å². The van der Waals surface area contributed by atoms with Gasteiger partial charge in [0.05, 0.1) is 18.2 Å². The topological polar surface area (TPSA) is 48.1 Å². The number of para-hydroxylation sites is 1. The fourth-order valence-corrected chi connectivity index (χ4v) is 1.89. The first kappa shape index (κ1) is 12.0. The Morgan fingerprint density at radius 2 is 2.12 bits per heavy atom. The van der Waals surface area contributed by atoms with Gasteiger partial charge in [0.1, 0.15) is 0 Å². The molecule has 0 saturated heterocycles. The van der Waals surface area contributed by atoms with Crippen LogP contribution in [0.2, 0.25) is 0 Å². The molecule has 2 N–H and O–H groups in total. The van der Waals surface area contributed by atoms with Crippen LogP contribution < -0.4 is 5.73 Å². The lowest BCUT2D eigenvalue weighted by Gasteiger charge is -2.14. The predicted molar refractivity (Wildman–Crippen MR) is 69.8 cm³/mol. The van der Waals surface area contributed by atoms with Crippen molar-refractivity contribution in [3.63, 3.8) is 0 Å². The number of pyridine rings is 1. The van der Waals surface area contributed by atoms with Gasteiger partial charge in [-0.15, -0.1) is 0 Å². The maximum atomic E-state index is 6.15. The summed E-state index contributed by atoms with van der Waals surface area (Å²) in [5, 5.41) is 1.11. The van der Waals surface area contributed by atoms with Crippen molar-refractivity contribution in [1.29, 1.82) is 0 Å². The quantitative estimate of drug-likeness (QED) is 0.803. The molecule has 1 heterocycles. The van der Waals surface area contributed by atoms with Crippen LogP contribution in [0.3, 0.4) is 0 Å². The van der Waals surface area contributed by atoms with E-state index in [2.05, 4.69) is 18.0 Å². The molecule has 0 amide bonds. The maximum absolute atomic E-state index is 6.15. The number of aromatic nitrogens is 1.